The van der Waals surface area contributed by atoms with Crippen molar-refractivity contribution in [2.24, 2.45) is 5.92 Å². The summed E-state index contributed by atoms with van der Waals surface area (Å²) in [6.45, 7) is 1.76. The van der Waals surface area contributed by atoms with Crippen LogP contribution in [0.4, 0.5) is 4.39 Å². The predicted molar refractivity (Wildman–Crippen MR) is 112 cm³/mol. The van der Waals surface area contributed by atoms with E-state index in [9.17, 15) is 17.6 Å². The van der Waals surface area contributed by atoms with E-state index >= 15 is 0 Å². The van der Waals surface area contributed by atoms with Gasteiger partial charge >= 0.3 is 0 Å². The van der Waals surface area contributed by atoms with Crippen LogP contribution in [-0.4, -0.2) is 56.9 Å². The lowest BCUT2D eigenvalue weighted by atomic mass is 9.97. The van der Waals surface area contributed by atoms with Crippen molar-refractivity contribution in [2.75, 3.05) is 33.4 Å². The Hall–Kier alpha value is -2.29. The SMILES string of the molecule is COCCN(Cc1ccccc1)C(=O)C1CCCN(S(=O)(=O)c2ccc(F)cc2)C1. The summed E-state index contributed by atoms with van der Waals surface area (Å²) in [6, 6.07) is 14.5. The summed E-state index contributed by atoms with van der Waals surface area (Å²) in [5, 5.41) is 0. The number of benzene rings is 2. The first kappa shape index (κ1) is 22.4. The number of methoxy groups -OCH3 is 1. The molecule has 1 fully saturated rings. The van der Waals surface area contributed by atoms with E-state index in [1.165, 1.54) is 16.4 Å². The van der Waals surface area contributed by atoms with Crippen LogP contribution in [0, 0.1) is 11.7 Å². The smallest absolute Gasteiger partial charge is 0.243 e. The number of nitrogens with zero attached hydrogens (tertiary/aromatic N) is 2. The number of sulfonamides is 1. The Morgan fingerprint density at radius 2 is 1.87 bits per heavy atom. The molecule has 1 unspecified atom stereocenters. The number of hydrogen-bond donors (Lipinski definition) is 0. The summed E-state index contributed by atoms with van der Waals surface area (Å²) in [4.78, 5) is 15.0. The molecule has 2 aromatic rings. The zero-order chi connectivity index (χ0) is 21.6. The molecule has 1 atom stereocenters. The summed E-state index contributed by atoms with van der Waals surface area (Å²) in [6.07, 6.45) is 1.23. The third-order valence-corrected chi connectivity index (χ3v) is 7.16. The standard InChI is InChI=1S/C22H27FN2O4S/c1-29-15-14-24(16-18-6-3-2-4-7-18)22(26)19-8-5-13-25(17-19)30(27,28)21-11-9-20(23)10-12-21/h2-4,6-7,9-12,19H,5,8,13-17H2,1H3. The van der Waals surface area contributed by atoms with Gasteiger partial charge in [-0.15, -0.1) is 0 Å². The molecule has 0 saturated carbocycles. The number of piperidine rings is 1. The Labute approximate surface area is 177 Å². The molecule has 1 aliphatic rings. The zero-order valence-electron chi connectivity index (χ0n) is 17.0. The predicted octanol–water partition coefficient (Wildman–Crippen LogP) is 2.90. The summed E-state index contributed by atoms with van der Waals surface area (Å²) < 4.78 is 45.6. The van der Waals surface area contributed by atoms with Crippen LogP contribution in [0.15, 0.2) is 59.5 Å². The minimum absolute atomic E-state index is 0.0394. The van der Waals surface area contributed by atoms with Crippen LogP contribution in [0.2, 0.25) is 0 Å². The maximum atomic E-state index is 13.3. The maximum absolute atomic E-state index is 13.3. The Kier molecular flexibility index (Phi) is 7.58. The lowest BCUT2D eigenvalue weighted by Gasteiger charge is -2.34. The van der Waals surface area contributed by atoms with Gasteiger partial charge in [0, 0.05) is 33.3 Å². The van der Waals surface area contributed by atoms with Gasteiger partial charge in [-0.3, -0.25) is 4.79 Å². The first-order chi connectivity index (χ1) is 14.4. The molecule has 0 aliphatic carbocycles. The highest BCUT2D eigenvalue weighted by molar-refractivity contribution is 7.89. The van der Waals surface area contributed by atoms with Gasteiger partial charge in [-0.2, -0.15) is 4.31 Å². The van der Waals surface area contributed by atoms with Crippen molar-refractivity contribution in [3.63, 3.8) is 0 Å². The largest absolute Gasteiger partial charge is 0.383 e. The molecule has 0 N–H and O–H groups in total. The lowest BCUT2D eigenvalue weighted by molar-refractivity contribution is -0.138. The van der Waals surface area contributed by atoms with Gasteiger partial charge in [0.1, 0.15) is 5.82 Å². The zero-order valence-corrected chi connectivity index (χ0v) is 17.9. The van der Waals surface area contributed by atoms with E-state index in [2.05, 4.69) is 0 Å². The number of carbonyl (C=O) groups excluding carboxylic acids is 1. The first-order valence-electron chi connectivity index (χ1n) is 9.99. The second-order valence-electron chi connectivity index (χ2n) is 7.39. The second-order valence-corrected chi connectivity index (χ2v) is 9.33. The molecule has 8 heteroatoms. The van der Waals surface area contributed by atoms with Crippen LogP contribution in [0.5, 0.6) is 0 Å². The summed E-state index contributed by atoms with van der Waals surface area (Å²) in [7, 11) is -2.19. The fraction of sp³-hybridized carbons (Fsp3) is 0.409. The summed E-state index contributed by atoms with van der Waals surface area (Å²) in [5.74, 6) is -0.986. The molecule has 3 rings (SSSR count). The van der Waals surface area contributed by atoms with Gasteiger partial charge in [0.05, 0.1) is 17.4 Å². The van der Waals surface area contributed by atoms with Crippen molar-refractivity contribution in [3.05, 3.63) is 66.0 Å². The third kappa shape index (κ3) is 5.44. The molecule has 2 aromatic carbocycles. The lowest BCUT2D eigenvalue weighted by Crippen LogP contribution is -2.47. The highest BCUT2D eigenvalue weighted by atomic mass is 32.2. The van der Waals surface area contributed by atoms with Crippen molar-refractivity contribution in [3.8, 4) is 0 Å². The van der Waals surface area contributed by atoms with E-state index in [1.54, 1.807) is 12.0 Å². The number of halogens is 1. The number of amides is 1. The van der Waals surface area contributed by atoms with Crippen LogP contribution >= 0.6 is 0 Å². The molecular formula is C22H27FN2O4S. The van der Waals surface area contributed by atoms with Gasteiger partial charge < -0.3 is 9.64 Å². The van der Waals surface area contributed by atoms with Gasteiger partial charge in [-0.1, -0.05) is 30.3 Å². The third-order valence-electron chi connectivity index (χ3n) is 5.28. The molecule has 30 heavy (non-hydrogen) atoms. The number of rotatable bonds is 8. The number of ether oxygens (including phenoxy) is 1. The van der Waals surface area contributed by atoms with Crippen molar-refractivity contribution >= 4 is 15.9 Å². The molecule has 0 bridgehead atoms. The van der Waals surface area contributed by atoms with Gasteiger partial charge in [-0.25, -0.2) is 12.8 Å². The normalized spacial score (nSPS) is 17.6. The van der Waals surface area contributed by atoms with Crippen molar-refractivity contribution in [1.82, 2.24) is 9.21 Å². The minimum Gasteiger partial charge on any atom is -0.383 e. The van der Waals surface area contributed by atoms with E-state index in [0.717, 1.165) is 17.7 Å². The van der Waals surface area contributed by atoms with Gasteiger partial charge in [0.2, 0.25) is 15.9 Å². The van der Waals surface area contributed by atoms with Crippen molar-refractivity contribution < 1.29 is 22.3 Å². The minimum atomic E-state index is -3.78. The molecule has 0 aromatic heterocycles. The van der Waals surface area contributed by atoms with E-state index in [0.29, 0.717) is 39.1 Å². The molecule has 0 spiro atoms. The molecule has 1 saturated heterocycles. The van der Waals surface area contributed by atoms with E-state index in [4.69, 9.17) is 4.74 Å². The average molecular weight is 435 g/mol. The monoisotopic (exact) mass is 434 g/mol. The van der Waals surface area contributed by atoms with Crippen molar-refractivity contribution in [2.45, 2.75) is 24.3 Å². The molecule has 1 heterocycles. The molecule has 1 aliphatic heterocycles. The Morgan fingerprint density at radius 3 is 2.53 bits per heavy atom. The molecule has 0 radical (unpaired) electrons. The van der Waals surface area contributed by atoms with Crippen LogP contribution < -0.4 is 0 Å². The average Bonchev–Trinajstić information content (AvgIpc) is 2.77. The topological polar surface area (TPSA) is 66.9 Å². The fourth-order valence-corrected chi connectivity index (χ4v) is 5.17. The van der Waals surface area contributed by atoms with E-state index in [1.807, 2.05) is 30.3 Å². The summed E-state index contributed by atoms with van der Waals surface area (Å²) in [5.41, 5.74) is 1.01. The van der Waals surface area contributed by atoms with Gasteiger partial charge in [-0.05, 0) is 42.7 Å². The molecule has 6 nitrogen and oxygen atoms in total. The Bertz CT molecular complexity index is 935. The summed E-state index contributed by atoms with van der Waals surface area (Å²) >= 11 is 0. The van der Waals surface area contributed by atoms with Crippen LogP contribution in [-0.2, 0) is 26.1 Å². The van der Waals surface area contributed by atoms with Gasteiger partial charge in [0.25, 0.3) is 0 Å². The van der Waals surface area contributed by atoms with Gasteiger partial charge in [0.15, 0.2) is 0 Å². The van der Waals surface area contributed by atoms with Crippen LogP contribution in [0.1, 0.15) is 18.4 Å². The number of carbonyl (C=O) groups is 1. The highest BCUT2D eigenvalue weighted by Crippen LogP contribution is 2.25. The van der Waals surface area contributed by atoms with Crippen LogP contribution in [0.25, 0.3) is 0 Å². The second kappa shape index (κ2) is 10.1. The Morgan fingerprint density at radius 1 is 1.17 bits per heavy atom. The molecule has 1 amide bonds. The van der Waals surface area contributed by atoms with Crippen molar-refractivity contribution in [1.29, 1.82) is 0 Å². The maximum Gasteiger partial charge on any atom is 0.243 e. The van der Waals surface area contributed by atoms with Crippen LogP contribution in [0.3, 0.4) is 0 Å². The first-order valence-corrected chi connectivity index (χ1v) is 11.4. The molecular weight excluding hydrogens is 407 g/mol. The number of hydrogen-bond acceptors (Lipinski definition) is 4. The van der Waals surface area contributed by atoms with E-state index in [-0.39, 0.29) is 17.3 Å². The Balaban J connectivity index is 1.74. The molecule has 162 valence electrons. The quantitative estimate of drug-likeness (QED) is 0.641. The highest BCUT2D eigenvalue weighted by Gasteiger charge is 2.35. The fourth-order valence-electron chi connectivity index (χ4n) is 3.65. The van der Waals surface area contributed by atoms with E-state index < -0.39 is 21.8 Å².